The number of allylic oxidation sites excluding steroid dienone is 1. The summed E-state index contributed by atoms with van der Waals surface area (Å²) in [6.45, 7) is 5.64. The van der Waals surface area contributed by atoms with Crippen LogP contribution in [-0.2, 0) is 0 Å². The van der Waals surface area contributed by atoms with Crippen molar-refractivity contribution in [1.29, 1.82) is 0 Å². The van der Waals surface area contributed by atoms with E-state index in [0.717, 1.165) is 6.54 Å². The number of hydrogen-bond donors (Lipinski definition) is 1. The molecule has 1 N–H and O–H groups in total. The molecule has 0 fully saturated rings. The Hall–Kier alpha value is -0.300. The fraction of sp³-hybridized carbons (Fsp3) is 0.882. The van der Waals surface area contributed by atoms with E-state index in [1.807, 2.05) is 0 Å². The third-order valence-electron chi connectivity index (χ3n) is 4.07. The van der Waals surface area contributed by atoms with Crippen LogP contribution in [0, 0.1) is 0 Å². The quantitative estimate of drug-likeness (QED) is 0.461. The Morgan fingerprint density at radius 2 is 1.89 bits per heavy atom. The van der Waals surface area contributed by atoms with Crippen molar-refractivity contribution in [3.8, 4) is 0 Å². The van der Waals surface area contributed by atoms with Crippen molar-refractivity contribution in [3.63, 3.8) is 0 Å². The van der Waals surface area contributed by atoms with Crippen molar-refractivity contribution in [2.75, 3.05) is 6.54 Å². The molecular formula is C17H33N. The van der Waals surface area contributed by atoms with Crippen molar-refractivity contribution in [2.45, 2.75) is 90.5 Å². The van der Waals surface area contributed by atoms with Crippen LogP contribution < -0.4 is 5.32 Å². The van der Waals surface area contributed by atoms with Gasteiger partial charge in [0.1, 0.15) is 0 Å². The van der Waals surface area contributed by atoms with Gasteiger partial charge >= 0.3 is 0 Å². The summed E-state index contributed by atoms with van der Waals surface area (Å²) in [6, 6.07) is 0.671. The first-order chi connectivity index (χ1) is 8.88. The van der Waals surface area contributed by atoms with Gasteiger partial charge in [0, 0.05) is 6.04 Å². The molecule has 0 saturated heterocycles. The van der Waals surface area contributed by atoms with Crippen LogP contribution >= 0.6 is 0 Å². The van der Waals surface area contributed by atoms with Crippen LogP contribution in [-0.4, -0.2) is 12.6 Å². The molecule has 1 aliphatic carbocycles. The fourth-order valence-electron chi connectivity index (χ4n) is 2.97. The largest absolute Gasteiger partial charge is 0.311 e. The number of likely N-dealkylation sites (N-methyl/N-ethyl adjacent to an activating group) is 1. The zero-order valence-corrected chi connectivity index (χ0v) is 12.6. The van der Waals surface area contributed by atoms with Crippen molar-refractivity contribution in [2.24, 2.45) is 0 Å². The van der Waals surface area contributed by atoms with Crippen LogP contribution in [0.5, 0.6) is 0 Å². The highest BCUT2D eigenvalue weighted by Gasteiger charge is 2.13. The molecule has 106 valence electrons. The molecule has 0 bridgehead atoms. The molecule has 1 nitrogen and oxygen atoms in total. The van der Waals surface area contributed by atoms with Crippen molar-refractivity contribution in [1.82, 2.24) is 5.32 Å². The predicted molar refractivity (Wildman–Crippen MR) is 82.0 cm³/mol. The van der Waals surface area contributed by atoms with Crippen LogP contribution in [0.15, 0.2) is 11.6 Å². The van der Waals surface area contributed by atoms with Gasteiger partial charge in [-0.15, -0.1) is 0 Å². The zero-order chi connectivity index (χ0) is 13.1. The Labute approximate surface area is 114 Å². The molecule has 0 aromatic carbocycles. The van der Waals surface area contributed by atoms with Crippen LogP contribution in [0.3, 0.4) is 0 Å². The van der Waals surface area contributed by atoms with Crippen LogP contribution in [0.4, 0.5) is 0 Å². The lowest BCUT2D eigenvalue weighted by molar-refractivity contribution is 0.486. The molecule has 0 spiro atoms. The molecule has 0 aliphatic heterocycles. The van der Waals surface area contributed by atoms with Gasteiger partial charge in [0.2, 0.25) is 0 Å². The van der Waals surface area contributed by atoms with Gasteiger partial charge < -0.3 is 5.32 Å². The Kier molecular flexibility index (Phi) is 9.28. The van der Waals surface area contributed by atoms with E-state index in [2.05, 4.69) is 25.2 Å². The first-order valence-electron chi connectivity index (χ1n) is 8.30. The maximum Gasteiger partial charge on any atom is 0.0279 e. The Morgan fingerprint density at radius 3 is 2.67 bits per heavy atom. The minimum absolute atomic E-state index is 0.671. The lowest BCUT2D eigenvalue weighted by Gasteiger charge is -2.23. The van der Waals surface area contributed by atoms with Gasteiger partial charge in [0.25, 0.3) is 0 Å². The Balaban J connectivity index is 2.41. The standard InChI is InChI=1S/C17H33N/c1-3-5-6-12-15-17(18-4-2)16-13-10-8-7-9-11-14-16/h13,17-18H,3-12,14-15H2,1-2H3. The van der Waals surface area contributed by atoms with E-state index in [1.54, 1.807) is 5.57 Å². The molecule has 18 heavy (non-hydrogen) atoms. The molecule has 0 radical (unpaired) electrons. The molecule has 1 heteroatoms. The van der Waals surface area contributed by atoms with Crippen molar-refractivity contribution >= 4 is 0 Å². The van der Waals surface area contributed by atoms with Gasteiger partial charge in [0.15, 0.2) is 0 Å². The molecule has 1 rings (SSSR count). The normalized spacial score (nSPS) is 18.9. The summed E-state index contributed by atoms with van der Waals surface area (Å²) in [7, 11) is 0. The summed E-state index contributed by atoms with van der Waals surface area (Å²) >= 11 is 0. The second-order valence-electron chi connectivity index (χ2n) is 5.69. The summed E-state index contributed by atoms with van der Waals surface area (Å²) in [5.74, 6) is 0. The SMILES string of the molecule is CCCCCCC(NCC)C1=CCCCCCC1. The fourth-order valence-corrected chi connectivity index (χ4v) is 2.97. The van der Waals surface area contributed by atoms with Gasteiger partial charge in [-0.1, -0.05) is 64.0 Å². The molecule has 0 aromatic heterocycles. The van der Waals surface area contributed by atoms with Gasteiger partial charge in [-0.25, -0.2) is 0 Å². The molecule has 0 heterocycles. The van der Waals surface area contributed by atoms with Crippen LogP contribution in [0.25, 0.3) is 0 Å². The maximum absolute atomic E-state index is 3.71. The average Bonchev–Trinajstić information content (AvgIpc) is 2.33. The summed E-state index contributed by atoms with van der Waals surface area (Å²) in [4.78, 5) is 0. The third-order valence-corrected chi connectivity index (χ3v) is 4.07. The molecule has 0 aromatic rings. The molecular weight excluding hydrogens is 218 g/mol. The molecule has 1 unspecified atom stereocenters. The molecule has 1 aliphatic rings. The summed E-state index contributed by atoms with van der Waals surface area (Å²) in [5, 5.41) is 3.71. The van der Waals surface area contributed by atoms with E-state index in [0.29, 0.717) is 6.04 Å². The highest BCUT2D eigenvalue weighted by atomic mass is 14.9. The third kappa shape index (κ3) is 6.58. The number of hydrogen-bond acceptors (Lipinski definition) is 1. The predicted octanol–water partition coefficient (Wildman–Crippen LogP) is 5.22. The highest BCUT2D eigenvalue weighted by molar-refractivity contribution is 5.11. The van der Waals surface area contributed by atoms with E-state index in [1.165, 1.54) is 70.6 Å². The monoisotopic (exact) mass is 251 g/mol. The first-order valence-corrected chi connectivity index (χ1v) is 8.30. The maximum atomic E-state index is 3.71. The second-order valence-corrected chi connectivity index (χ2v) is 5.69. The lowest BCUT2D eigenvalue weighted by atomic mass is 9.92. The lowest BCUT2D eigenvalue weighted by Crippen LogP contribution is -2.31. The summed E-state index contributed by atoms with van der Waals surface area (Å²) < 4.78 is 0. The second kappa shape index (κ2) is 10.6. The Morgan fingerprint density at radius 1 is 1.06 bits per heavy atom. The van der Waals surface area contributed by atoms with E-state index in [4.69, 9.17) is 0 Å². The number of nitrogens with one attached hydrogen (secondary N) is 1. The summed E-state index contributed by atoms with van der Waals surface area (Å²) in [6.07, 6.45) is 17.8. The van der Waals surface area contributed by atoms with E-state index < -0.39 is 0 Å². The van der Waals surface area contributed by atoms with Crippen molar-refractivity contribution in [3.05, 3.63) is 11.6 Å². The molecule has 0 saturated carbocycles. The number of rotatable bonds is 8. The van der Waals surface area contributed by atoms with Gasteiger partial charge in [-0.3, -0.25) is 0 Å². The van der Waals surface area contributed by atoms with Gasteiger partial charge in [0.05, 0.1) is 0 Å². The minimum Gasteiger partial charge on any atom is -0.311 e. The van der Waals surface area contributed by atoms with E-state index >= 15 is 0 Å². The van der Waals surface area contributed by atoms with Gasteiger partial charge in [-0.2, -0.15) is 0 Å². The van der Waals surface area contributed by atoms with E-state index in [9.17, 15) is 0 Å². The van der Waals surface area contributed by atoms with E-state index in [-0.39, 0.29) is 0 Å². The highest BCUT2D eigenvalue weighted by Crippen LogP contribution is 2.22. The first kappa shape index (κ1) is 15.8. The topological polar surface area (TPSA) is 12.0 Å². The summed E-state index contributed by atoms with van der Waals surface area (Å²) in [5.41, 5.74) is 1.72. The van der Waals surface area contributed by atoms with Crippen LogP contribution in [0.1, 0.15) is 84.5 Å². The van der Waals surface area contributed by atoms with Gasteiger partial charge in [-0.05, 0) is 38.6 Å². The molecule has 1 atom stereocenters. The minimum atomic E-state index is 0.671. The number of unbranched alkanes of at least 4 members (excludes halogenated alkanes) is 3. The van der Waals surface area contributed by atoms with Crippen molar-refractivity contribution < 1.29 is 0 Å². The molecule has 0 amide bonds. The zero-order valence-electron chi connectivity index (χ0n) is 12.6. The Bertz CT molecular complexity index is 220. The smallest absolute Gasteiger partial charge is 0.0279 e. The van der Waals surface area contributed by atoms with Crippen LogP contribution in [0.2, 0.25) is 0 Å². The average molecular weight is 251 g/mol.